The van der Waals surface area contributed by atoms with Crippen molar-refractivity contribution in [3.8, 4) is 0 Å². The Hall–Kier alpha value is -0.570. The zero-order valence-electron chi connectivity index (χ0n) is 9.80. The average Bonchev–Trinajstić information content (AvgIpc) is 2.16. The highest BCUT2D eigenvalue weighted by atomic mass is 16.5. The summed E-state index contributed by atoms with van der Waals surface area (Å²) in [6.07, 6.45) is 2.34. The maximum atomic E-state index is 11.4. The van der Waals surface area contributed by atoms with Gasteiger partial charge in [-0.3, -0.25) is 4.79 Å². The third kappa shape index (κ3) is 5.22. The Morgan fingerprint density at radius 3 is 2.50 bits per heavy atom. The highest BCUT2D eigenvalue weighted by Gasteiger charge is 2.21. The monoisotopic (exact) mass is 201 g/mol. The van der Waals surface area contributed by atoms with Gasteiger partial charge in [0, 0.05) is 6.54 Å². The van der Waals surface area contributed by atoms with Crippen LogP contribution in [-0.2, 0) is 9.53 Å². The second kappa shape index (κ2) is 7.80. The summed E-state index contributed by atoms with van der Waals surface area (Å²) in [6.45, 7) is 7.95. The summed E-state index contributed by atoms with van der Waals surface area (Å²) in [6, 6.07) is 0. The fraction of sp³-hybridized carbons (Fsp3) is 0.909. The predicted octanol–water partition coefficient (Wildman–Crippen LogP) is 1.82. The first-order chi connectivity index (χ1) is 6.63. The first kappa shape index (κ1) is 13.4. The normalized spacial score (nSPS) is 12.9. The smallest absolute Gasteiger partial charge is 0.310 e. The van der Waals surface area contributed by atoms with E-state index in [1.54, 1.807) is 0 Å². The number of methoxy groups -OCH3 is 1. The number of hydrogen-bond donors (Lipinski definition) is 1. The topological polar surface area (TPSA) is 38.3 Å². The lowest BCUT2D eigenvalue weighted by atomic mass is 9.96. The van der Waals surface area contributed by atoms with Gasteiger partial charge in [0.2, 0.25) is 0 Å². The third-order valence-electron chi connectivity index (χ3n) is 2.38. The quantitative estimate of drug-likeness (QED) is 0.504. The van der Waals surface area contributed by atoms with Crippen LogP contribution >= 0.6 is 0 Å². The highest BCUT2D eigenvalue weighted by Crippen LogP contribution is 2.11. The van der Waals surface area contributed by atoms with Crippen LogP contribution in [-0.4, -0.2) is 26.2 Å². The number of hydrogen-bond acceptors (Lipinski definition) is 3. The van der Waals surface area contributed by atoms with E-state index < -0.39 is 0 Å². The van der Waals surface area contributed by atoms with Crippen LogP contribution < -0.4 is 5.32 Å². The molecule has 0 spiro atoms. The van der Waals surface area contributed by atoms with Crippen LogP contribution in [0.4, 0.5) is 0 Å². The van der Waals surface area contributed by atoms with Crippen molar-refractivity contribution >= 4 is 5.97 Å². The number of unbranched alkanes of at least 4 members (excludes halogenated alkanes) is 1. The van der Waals surface area contributed by atoms with Gasteiger partial charge in [0.15, 0.2) is 0 Å². The van der Waals surface area contributed by atoms with Crippen LogP contribution in [0.1, 0.15) is 33.6 Å². The van der Waals surface area contributed by atoms with Crippen LogP contribution in [0.15, 0.2) is 0 Å². The Labute approximate surface area is 87.2 Å². The molecule has 0 aromatic heterocycles. The van der Waals surface area contributed by atoms with E-state index in [0.29, 0.717) is 5.92 Å². The van der Waals surface area contributed by atoms with Gasteiger partial charge in [-0.15, -0.1) is 0 Å². The maximum absolute atomic E-state index is 11.4. The molecule has 0 heterocycles. The van der Waals surface area contributed by atoms with Crippen LogP contribution in [0.25, 0.3) is 0 Å². The summed E-state index contributed by atoms with van der Waals surface area (Å²) >= 11 is 0. The predicted molar refractivity (Wildman–Crippen MR) is 58.1 cm³/mol. The van der Waals surface area contributed by atoms with E-state index in [1.807, 2.05) is 13.8 Å². The lowest BCUT2D eigenvalue weighted by Crippen LogP contribution is -2.33. The molecule has 0 rings (SSSR count). The van der Waals surface area contributed by atoms with Crippen molar-refractivity contribution in [1.29, 1.82) is 0 Å². The summed E-state index contributed by atoms with van der Waals surface area (Å²) in [5.41, 5.74) is 0. The van der Waals surface area contributed by atoms with Gasteiger partial charge in [0.05, 0.1) is 13.0 Å². The molecule has 0 radical (unpaired) electrons. The molecule has 84 valence electrons. The summed E-state index contributed by atoms with van der Waals surface area (Å²) < 4.78 is 4.75. The largest absolute Gasteiger partial charge is 0.469 e. The van der Waals surface area contributed by atoms with E-state index in [9.17, 15) is 4.79 Å². The molecule has 0 fully saturated rings. The maximum Gasteiger partial charge on any atom is 0.310 e. The Morgan fingerprint density at radius 2 is 2.07 bits per heavy atom. The van der Waals surface area contributed by atoms with E-state index in [1.165, 1.54) is 13.5 Å². The molecule has 0 aliphatic carbocycles. The van der Waals surface area contributed by atoms with Crippen molar-refractivity contribution in [2.75, 3.05) is 20.2 Å². The SMILES string of the molecule is CCCCNCC(C(=O)OC)C(C)C. The van der Waals surface area contributed by atoms with Gasteiger partial charge in [0.25, 0.3) is 0 Å². The van der Waals surface area contributed by atoms with Crippen LogP contribution in [0.5, 0.6) is 0 Å². The molecule has 0 aromatic rings. The average molecular weight is 201 g/mol. The van der Waals surface area contributed by atoms with E-state index in [0.717, 1.165) is 19.5 Å². The molecule has 3 nitrogen and oxygen atoms in total. The third-order valence-corrected chi connectivity index (χ3v) is 2.38. The molecule has 3 heteroatoms. The minimum Gasteiger partial charge on any atom is -0.469 e. The van der Waals surface area contributed by atoms with Crippen molar-refractivity contribution in [2.45, 2.75) is 33.6 Å². The number of esters is 1. The molecule has 0 saturated heterocycles. The number of carbonyl (C=O) groups is 1. The van der Waals surface area contributed by atoms with Crippen LogP contribution in [0.3, 0.4) is 0 Å². The Bertz CT molecular complexity index is 157. The van der Waals surface area contributed by atoms with Crippen molar-refractivity contribution in [2.24, 2.45) is 11.8 Å². The number of ether oxygens (including phenoxy) is 1. The number of rotatable bonds is 7. The van der Waals surface area contributed by atoms with Gasteiger partial charge in [-0.05, 0) is 18.9 Å². The van der Waals surface area contributed by atoms with E-state index >= 15 is 0 Å². The van der Waals surface area contributed by atoms with Gasteiger partial charge in [-0.1, -0.05) is 27.2 Å². The zero-order chi connectivity index (χ0) is 11.0. The van der Waals surface area contributed by atoms with E-state index in [2.05, 4.69) is 12.2 Å². The molecular weight excluding hydrogens is 178 g/mol. The lowest BCUT2D eigenvalue weighted by Gasteiger charge is -2.18. The van der Waals surface area contributed by atoms with Gasteiger partial charge in [0.1, 0.15) is 0 Å². The molecule has 0 amide bonds. The van der Waals surface area contributed by atoms with E-state index in [4.69, 9.17) is 4.74 Å². The minimum atomic E-state index is -0.107. The van der Waals surface area contributed by atoms with Crippen LogP contribution in [0, 0.1) is 11.8 Å². The summed E-state index contributed by atoms with van der Waals surface area (Å²) in [5, 5.41) is 3.28. The lowest BCUT2D eigenvalue weighted by molar-refractivity contribution is -0.146. The number of carbonyl (C=O) groups excluding carboxylic acids is 1. The molecule has 0 bridgehead atoms. The van der Waals surface area contributed by atoms with Gasteiger partial charge >= 0.3 is 5.97 Å². The van der Waals surface area contributed by atoms with Crippen molar-refractivity contribution < 1.29 is 9.53 Å². The van der Waals surface area contributed by atoms with Crippen molar-refractivity contribution in [3.05, 3.63) is 0 Å². The Kier molecular flexibility index (Phi) is 7.48. The van der Waals surface area contributed by atoms with Gasteiger partial charge in [-0.2, -0.15) is 0 Å². The van der Waals surface area contributed by atoms with Crippen LogP contribution in [0.2, 0.25) is 0 Å². The van der Waals surface area contributed by atoms with Crippen molar-refractivity contribution in [1.82, 2.24) is 5.32 Å². The summed E-state index contributed by atoms with van der Waals surface area (Å²) in [7, 11) is 1.45. The highest BCUT2D eigenvalue weighted by molar-refractivity contribution is 5.72. The summed E-state index contributed by atoms with van der Waals surface area (Å²) in [4.78, 5) is 11.4. The molecule has 14 heavy (non-hydrogen) atoms. The summed E-state index contributed by atoms with van der Waals surface area (Å²) in [5.74, 6) is 0.206. The van der Waals surface area contributed by atoms with Crippen molar-refractivity contribution in [3.63, 3.8) is 0 Å². The second-order valence-corrected chi connectivity index (χ2v) is 3.93. The second-order valence-electron chi connectivity index (χ2n) is 3.93. The minimum absolute atomic E-state index is 0.0168. The molecule has 1 N–H and O–H groups in total. The van der Waals surface area contributed by atoms with E-state index in [-0.39, 0.29) is 11.9 Å². The molecule has 0 aliphatic heterocycles. The Balaban J connectivity index is 3.80. The zero-order valence-corrected chi connectivity index (χ0v) is 9.80. The fourth-order valence-electron chi connectivity index (χ4n) is 1.30. The van der Waals surface area contributed by atoms with Gasteiger partial charge in [-0.25, -0.2) is 0 Å². The number of nitrogens with one attached hydrogen (secondary N) is 1. The molecular formula is C11H23NO2. The standard InChI is InChI=1S/C11H23NO2/c1-5-6-7-12-8-10(9(2)3)11(13)14-4/h9-10,12H,5-8H2,1-4H3. The molecule has 1 atom stereocenters. The molecule has 0 aliphatic rings. The molecule has 0 aromatic carbocycles. The first-order valence-electron chi connectivity index (χ1n) is 5.42. The Morgan fingerprint density at radius 1 is 1.43 bits per heavy atom. The fourth-order valence-corrected chi connectivity index (χ4v) is 1.30. The first-order valence-corrected chi connectivity index (χ1v) is 5.42. The molecule has 1 unspecified atom stereocenters. The molecule has 0 saturated carbocycles. The van der Waals surface area contributed by atoms with Gasteiger partial charge < -0.3 is 10.1 Å².